The van der Waals surface area contributed by atoms with E-state index in [1.165, 1.54) is 19.2 Å². The SMILES string of the molecule is COc1cc(CNC(=O)COc2cccc3ccccc23)ccc1OC(F)F. The summed E-state index contributed by atoms with van der Waals surface area (Å²) in [5.41, 5.74) is 0.678. The number of hydrogen-bond donors (Lipinski definition) is 1. The first kappa shape index (κ1) is 19.4. The Morgan fingerprint density at radius 1 is 1.00 bits per heavy atom. The predicted molar refractivity (Wildman–Crippen MR) is 101 cm³/mol. The summed E-state index contributed by atoms with van der Waals surface area (Å²) < 4.78 is 39.8. The smallest absolute Gasteiger partial charge is 0.387 e. The van der Waals surface area contributed by atoms with Crippen molar-refractivity contribution in [2.24, 2.45) is 0 Å². The van der Waals surface area contributed by atoms with Gasteiger partial charge in [0.05, 0.1) is 7.11 Å². The summed E-state index contributed by atoms with van der Waals surface area (Å²) in [4.78, 5) is 12.1. The highest BCUT2D eigenvalue weighted by molar-refractivity contribution is 5.88. The van der Waals surface area contributed by atoms with E-state index >= 15 is 0 Å². The van der Waals surface area contributed by atoms with Gasteiger partial charge in [0.15, 0.2) is 18.1 Å². The van der Waals surface area contributed by atoms with Crippen molar-refractivity contribution in [2.45, 2.75) is 13.2 Å². The van der Waals surface area contributed by atoms with E-state index in [2.05, 4.69) is 10.1 Å². The number of rotatable bonds is 8. The van der Waals surface area contributed by atoms with E-state index in [4.69, 9.17) is 9.47 Å². The Kier molecular flexibility index (Phi) is 6.26. The van der Waals surface area contributed by atoms with Crippen LogP contribution >= 0.6 is 0 Å². The molecule has 3 rings (SSSR count). The van der Waals surface area contributed by atoms with Gasteiger partial charge < -0.3 is 19.5 Å². The van der Waals surface area contributed by atoms with Crippen molar-refractivity contribution < 1.29 is 27.8 Å². The Balaban J connectivity index is 1.57. The Morgan fingerprint density at radius 2 is 1.79 bits per heavy atom. The van der Waals surface area contributed by atoms with Crippen LogP contribution in [0.3, 0.4) is 0 Å². The number of methoxy groups -OCH3 is 1. The summed E-state index contributed by atoms with van der Waals surface area (Å²) in [5.74, 6) is 0.425. The number of amides is 1. The van der Waals surface area contributed by atoms with Crippen LogP contribution in [-0.2, 0) is 11.3 Å². The van der Waals surface area contributed by atoms with Crippen LogP contribution in [0.25, 0.3) is 10.8 Å². The van der Waals surface area contributed by atoms with E-state index in [1.54, 1.807) is 6.07 Å². The van der Waals surface area contributed by atoms with Crippen LogP contribution in [0.15, 0.2) is 60.7 Å². The van der Waals surface area contributed by atoms with Crippen molar-refractivity contribution in [3.63, 3.8) is 0 Å². The predicted octanol–water partition coefficient (Wildman–Crippen LogP) is 4.15. The molecule has 0 fully saturated rings. The maximum absolute atomic E-state index is 12.4. The van der Waals surface area contributed by atoms with Crippen LogP contribution in [-0.4, -0.2) is 26.2 Å². The van der Waals surface area contributed by atoms with Gasteiger partial charge in [-0.2, -0.15) is 8.78 Å². The molecule has 0 unspecified atom stereocenters. The maximum Gasteiger partial charge on any atom is 0.387 e. The highest BCUT2D eigenvalue weighted by atomic mass is 19.3. The molecule has 146 valence electrons. The Morgan fingerprint density at radius 3 is 2.57 bits per heavy atom. The lowest BCUT2D eigenvalue weighted by atomic mass is 10.1. The van der Waals surface area contributed by atoms with Crippen molar-refractivity contribution in [3.8, 4) is 17.2 Å². The Bertz CT molecular complexity index is 957. The Labute approximate surface area is 160 Å². The molecule has 0 aliphatic rings. The molecule has 0 aromatic heterocycles. The molecule has 0 saturated carbocycles. The van der Waals surface area contributed by atoms with Crippen LogP contribution in [0.2, 0.25) is 0 Å². The molecule has 0 atom stereocenters. The van der Waals surface area contributed by atoms with Gasteiger partial charge in [-0.3, -0.25) is 4.79 Å². The maximum atomic E-state index is 12.4. The fourth-order valence-corrected chi connectivity index (χ4v) is 2.73. The van der Waals surface area contributed by atoms with Crippen LogP contribution in [0.1, 0.15) is 5.56 Å². The zero-order chi connectivity index (χ0) is 19.9. The lowest BCUT2D eigenvalue weighted by Gasteiger charge is -2.12. The van der Waals surface area contributed by atoms with Gasteiger partial charge in [0.25, 0.3) is 5.91 Å². The summed E-state index contributed by atoms with van der Waals surface area (Å²) in [6, 6.07) is 17.9. The van der Waals surface area contributed by atoms with Gasteiger partial charge in [-0.25, -0.2) is 0 Å². The van der Waals surface area contributed by atoms with Crippen molar-refractivity contribution >= 4 is 16.7 Å². The molecular formula is C21H19F2NO4. The van der Waals surface area contributed by atoms with Gasteiger partial charge in [0.2, 0.25) is 0 Å². The van der Waals surface area contributed by atoms with Crippen molar-refractivity contribution in [3.05, 3.63) is 66.2 Å². The van der Waals surface area contributed by atoms with E-state index < -0.39 is 6.61 Å². The minimum atomic E-state index is -2.94. The second-order valence-electron chi connectivity index (χ2n) is 5.91. The van der Waals surface area contributed by atoms with Gasteiger partial charge in [-0.05, 0) is 29.1 Å². The second kappa shape index (κ2) is 9.03. The number of fused-ring (bicyclic) bond motifs is 1. The third-order valence-electron chi connectivity index (χ3n) is 4.04. The molecule has 3 aromatic rings. The number of halogens is 2. The van der Waals surface area contributed by atoms with E-state index in [0.29, 0.717) is 11.3 Å². The summed E-state index contributed by atoms with van der Waals surface area (Å²) in [5, 5.41) is 4.67. The second-order valence-corrected chi connectivity index (χ2v) is 5.91. The fraction of sp³-hybridized carbons (Fsp3) is 0.190. The summed E-state index contributed by atoms with van der Waals surface area (Å²) in [7, 11) is 1.36. The zero-order valence-electron chi connectivity index (χ0n) is 15.2. The third-order valence-corrected chi connectivity index (χ3v) is 4.04. The normalized spacial score (nSPS) is 10.7. The van der Waals surface area contributed by atoms with Crippen LogP contribution in [0, 0.1) is 0 Å². The van der Waals surface area contributed by atoms with Gasteiger partial charge in [-0.1, -0.05) is 42.5 Å². The Hall–Kier alpha value is -3.35. The number of alkyl halides is 2. The quantitative estimate of drug-likeness (QED) is 0.631. The first-order valence-corrected chi connectivity index (χ1v) is 8.56. The first-order valence-electron chi connectivity index (χ1n) is 8.56. The van der Waals surface area contributed by atoms with Gasteiger partial charge in [0, 0.05) is 11.9 Å². The highest BCUT2D eigenvalue weighted by Crippen LogP contribution is 2.29. The minimum Gasteiger partial charge on any atom is -0.493 e. The fourth-order valence-electron chi connectivity index (χ4n) is 2.73. The summed E-state index contributed by atoms with van der Waals surface area (Å²) in [6.45, 7) is -2.88. The van der Waals surface area contributed by atoms with E-state index in [9.17, 15) is 13.6 Å². The molecule has 0 radical (unpaired) electrons. The zero-order valence-corrected chi connectivity index (χ0v) is 15.2. The van der Waals surface area contributed by atoms with Gasteiger partial charge in [0.1, 0.15) is 5.75 Å². The third kappa shape index (κ3) is 4.88. The molecule has 7 heteroatoms. The molecule has 0 heterocycles. The molecule has 0 spiro atoms. The monoisotopic (exact) mass is 387 g/mol. The first-order chi connectivity index (χ1) is 13.6. The largest absolute Gasteiger partial charge is 0.493 e. The summed E-state index contributed by atoms with van der Waals surface area (Å²) in [6.07, 6.45) is 0. The topological polar surface area (TPSA) is 56.8 Å². The number of nitrogens with one attached hydrogen (secondary N) is 1. The average molecular weight is 387 g/mol. The molecular weight excluding hydrogens is 368 g/mol. The van der Waals surface area contributed by atoms with Crippen molar-refractivity contribution in [1.29, 1.82) is 0 Å². The lowest BCUT2D eigenvalue weighted by molar-refractivity contribution is -0.123. The number of ether oxygens (including phenoxy) is 3. The van der Waals surface area contributed by atoms with Crippen molar-refractivity contribution in [2.75, 3.05) is 13.7 Å². The number of hydrogen-bond acceptors (Lipinski definition) is 4. The minimum absolute atomic E-state index is 0.0631. The van der Waals surface area contributed by atoms with Gasteiger partial charge in [-0.15, -0.1) is 0 Å². The van der Waals surface area contributed by atoms with E-state index in [-0.39, 0.29) is 30.6 Å². The number of carbonyl (C=O) groups excluding carboxylic acids is 1. The number of carbonyl (C=O) groups is 1. The van der Waals surface area contributed by atoms with Crippen LogP contribution < -0.4 is 19.5 Å². The molecule has 0 aliphatic carbocycles. The van der Waals surface area contributed by atoms with Gasteiger partial charge >= 0.3 is 6.61 Å². The molecule has 0 saturated heterocycles. The molecule has 0 bridgehead atoms. The lowest BCUT2D eigenvalue weighted by Crippen LogP contribution is -2.28. The standard InChI is InChI=1S/C21H19F2NO4/c1-26-19-11-14(9-10-18(19)28-21(22)23)12-24-20(25)13-27-17-8-4-6-15-5-2-3-7-16(15)17/h2-11,21H,12-13H2,1H3,(H,24,25). The molecule has 28 heavy (non-hydrogen) atoms. The highest BCUT2D eigenvalue weighted by Gasteiger charge is 2.12. The molecule has 1 N–H and O–H groups in total. The molecule has 0 aliphatic heterocycles. The molecule has 3 aromatic carbocycles. The average Bonchev–Trinajstić information content (AvgIpc) is 2.71. The number of benzene rings is 3. The van der Waals surface area contributed by atoms with Crippen molar-refractivity contribution in [1.82, 2.24) is 5.32 Å². The summed E-state index contributed by atoms with van der Waals surface area (Å²) >= 11 is 0. The van der Waals surface area contributed by atoms with Crippen LogP contribution in [0.4, 0.5) is 8.78 Å². The van der Waals surface area contributed by atoms with E-state index in [1.807, 2.05) is 42.5 Å². The molecule has 5 nitrogen and oxygen atoms in total. The van der Waals surface area contributed by atoms with E-state index in [0.717, 1.165) is 10.8 Å². The molecule has 1 amide bonds. The van der Waals surface area contributed by atoms with Crippen LogP contribution in [0.5, 0.6) is 17.2 Å².